The number of hydrogen-bond donors (Lipinski definition) is 1. The van der Waals surface area contributed by atoms with E-state index < -0.39 is 0 Å². The molecule has 1 aromatic heterocycles. The molecule has 0 radical (unpaired) electrons. The van der Waals surface area contributed by atoms with Gasteiger partial charge in [0.1, 0.15) is 16.1 Å². The van der Waals surface area contributed by atoms with Crippen LogP contribution in [0.1, 0.15) is 37.9 Å². The lowest BCUT2D eigenvalue weighted by Crippen LogP contribution is -2.23. The molecule has 3 nitrogen and oxygen atoms in total. The molecule has 106 valence electrons. The topological polar surface area (TPSA) is 45.8 Å². The van der Waals surface area contributed by atoms with Gasteiger partial charge in [0.25, 0.3) is 5.56 Å². The average molecular weight is 339 g/mol. The second-order valence-corrected chi connectivity index (χ2v) is 6.52. The van der Waals surface area contributed by atoms with E-state index in [-0.39, 0.29) is 16.8 Å². The quantitative estimate of drug-likeness (QED) is 0.909. The molecule has 0 bridgehead atoms. The van der Waals surface area contributed by atoms with Gasteiger partial charge in [-0.3, -0.25) is 4.79 Å². The summed E-state index contributed by atoms with van der Waals surface area (Å²) in [6.45, 7) is 5.97. The Hall–Kier alpha value is -1.49. The van der Waals surface area contributed by atoms with E-state index >= 15 is 0 Å². The van der Waals surface area contributed by atoms with Gasteiger partial charge in [-0.15, -0.1) is 0 Å². The Kier molecular flexibility index (Phi) is 4.09. The summed E-state index contributed by atoms with van der Waals surface area (Å²) in [6.07, 6.45) is 0.392. The summed E-state index contributed by atoms with van der Waals surface area (Å²) in [5.41, 5.74) is 1.02. The van der Waals surface area contributed by atoms with Gasteiger partial charge in [-0.1, -0.05) is 32.9 Å². The zero-order valence-corrected chi connectivity index (χ0v) is 13.2. The van der Waals surface area contributed by atoms with Crippen molar-refractivity contribution >= 4 is 15.9 Å². The number of nitrogens with one attached hydrogen (secondary N) is 1. The molecule has 2 aromatic rings. The minimum Gasteiger partial charge on any atom is -0.309 e. The van der Waals surface area contributed by atoms with Crippen molar-refractivity contribution in [3.8, 4) is 0 Å². The number of halogens is 2. The normalized spacial score (nSPS) is 11.7. The van der Waals surface area contributed by atoms with Crippen molar-refractivity contribution in [3.05, 3.63) is 62.0 Å². The summed E-state index contributed by atoms with van der Waals surface area (Å²) >= 11 is 3.28. The van der Waals surface area contributed by atoms with Crippen LogP contribution in [0.5, 0.6) is 0 Å². The zero-order valence-electron chi connectivity index (χ0n) is 11.6. The number of hydrogen-bond acceptors (Lipinski definition) is 2. The summed E-state index contributed by atoms with van der Waals surface area (Å²) in [4.78, 5) is 19.2. The van der Waals surface area contributed by atoms with Crippen molar-refractivity contribution in [1.82, 2.24) is 9.97 Å². The molecule has 0 fully saturated rings. The van der Waals surface area contributed by atoms with Gasteiger partial charge in [0.05, 0.1) is 5.69 Å². The first-order valence-electron chi connectivity index (χ1n) is 6.31. The lowest BCUT2D eigenvalue weighted by molar-refractivity contribution is 0.557. The summed E-state index contributed by atoms with van der Waals surface area (Å²) in [6, 6.07) is 6.29. The highest BCUT2D eigenvalue weighted by Gasteiger charge is 2.22. The summed E-state index contributed by atoms with van der Waals surface area (Å²) in [5, 5.41) is 0. The Bertz CT molecular complexity index is 689. The predicted octanol–water partition coefficient (Wildman–Crippen LogP) is 3.56. The van der Waals surface area contributed by atoms with Gasteiger partial charge in [0.15, 0.2) is 0 Å². The van der Waals surface area contributed by atoms with Crippen molar-refractivity contribution in [3.63, 3.8) is 0 Å². The standard InChI is InChI=1S/C15H16BrFN2O/c1-15(2,3)13-12(16)14(20)19-11(18-13)8-9-5-4-6-10(17)7-9/h4-7H,8H2,1-3H3,(H,18,19,20). The van der Waals surface area contributed by atoms with Crippen molar-refractivity contribution in [2.45, 2.75) is 32.6 Å². The molecule has 5 heteroatoms. The minimum absolute atomic E-state index is 0.212. The Morgan fingerprint density at radius 2 is 2.05 bits per heavy atom. The minimum atomic E-state index is -0.294. The van der Waals surface area contributed by atoms with Gasteiger partial charge in [-0.2, -0.15) is 0 Å². The molecule has 0 saturated heterocycles. The average Bonchev–Trinajstić information content (AvgIpc) is 2.32. The number of H-pyrrole nitrogens is 1. The van der Waals surface area contributed by atoms with Gasteiger partial charge < -0.3 is 4.98 Å². The smallest absolute Gasteiger partial charge is 0.265 e. The van der Waals surface area contributed by atoms with Crippen LogP contribution in [0.25, 0.3) is 0 Å². The Balaban J connectivity index is 2.44. The fourth-order valence-corrected chi connectivity index (χ4v) is 2.71. The van der Waals surface area contributed by atoms with Crippen molar-refractivity contribution in [1.29, 1.82) is 0 Å². The summed E-state index contributed by atoms with van der Waals surface area (Å²) in [5.74, 6) is 0.242. The van der Waals surface area contributed by atoms with Crippen LogP contribution in [0.3, 0.4) is 0 Å². The van der Waals surface area contributed by atoms with Crippen molar-refractivity contribution < 1.29 is 4.39 Å². The number of aromatic nitrogens is 2. The SMILES string of the molecule is CC(C)(C)c1nc(Cc2cccc(F)c2)[nH]c(=O)c1Br. The number of benzene rings is 1. The van der Waals surface area contributed by atoms with Crippen LogP contribution in [0.15, 0.2) is 33.5 Å². The molecule has 0 aliphatic rings. The molecule has 1 N–H and O–H groups in total. The third-order valence-electron chi connectivity index (χ3n) is 2.88. The molecular weight excluding hydrogens is 323 g/mol. The molecule has 20 heavy (non-hydrogen) atoms. The van der Waals surface area contributed by atoms with E-state index in [1.54, 1.807) is 6.07 Å². The van der Waals surface area contributed by atoms with Crippen molar-refractivity contribution in [2.24, 2.45) is 0 Å². The molecule has 0 aliphatic carbocycles. The van der Waals surface area contributed by atoms with Crippen LogP contribution >= 0.6 is 15.9 Å². The lowest BCUT2D eigenvalue weighted by Gasteiger charge is -2.19. The molecule has 0 unspecified atom stereocenters. The van der Waals surface area contributed by atoms with Crippen LogP contribution in [0, 0.1) is 5.82 Å². The van der Waals surface area contributed by atoms with Crippen LogP contribution in [-0.2, 0) is 11.8 Å². The van der Waals surface area contributed by atoms with E-state index in [4.69, 9.17) is 0 Å². The molecule has 1 heterocycles. The van der Waals surface area contributed by atoms with E-state index in [9.17, 15) is 9.18 Å². The lowest BCUT2D eigenvalue weighted by atomic mass is 9.92. The number of rotatable bonds is 2. The maximum Gasteiger partial charge on any atom is 0.265 e. The molecule has 1 aromatic carbocycles. The van der Waals surface area contributed by atoms with Crippen LogP contribution in [0.4, 0.5) is 4.39 Å². The third kappa shape index (κ3) is 3.33. The van der Waals surface area contributed by atoms with E-state index in [0.29, 0.717) is 22.4 Å². The fourth-order valence-electron chi connectivity index (χ4n) is 1.93. The highest BCUT2D eigenvalue weighted by molar-refractivity contribution is 9.10. The highest BCUT2D eigenvalue weighted by Crippen LogP contribution is 2.25. The maximum atomic E-state index is 13.2. The van der Waals surface area contributed by atoms with Gasteiger partial charge in [-0.25, -0.2) is 9.37 Å². The van der Waals surface area contributed by atoms with E-state index in [0.717, 1.165) is 5.56 Å². The number of nitrogens with zero attached hydrogens (tertiary/aromatic N) is 1. The Morgan fingerprint density at radius 3 is 2.65 bits per heavy atom. The molecule has 0 atom stereocenters. The monoisotopic (exact) mass is 338 g/mol. The maximum absolute atomic E-state index is 13.2. The van der Waals surface area contributed by atoms with E-state index in [1.165, 1.54) is 12.1 Å². The van der Waals surface area contributed by atoms with Gasteiger partial charge >= 0.3 is 0 Å². The molecule has 0 amide bonds. The van der Waals surface area contributed by atoms with Gasteiger partial charge in [0, 0.05) is 11.8 Å². The Morgan fingerprint density at radius 1 is 1.35 bits per heavy atom. The molecule has 0 spiro atoms. The van der Waals surface area contributed by atoms with E-state index in [2.05, 4.69) is 25.9 Å². The predicted molar refractivity (Wildman–Crippen MR) is 80.5 cm³/mol. The Labute approximate surface area is 125 Å². The van der Waals surface area contributed by atoms with Gasteiger partial charge in [-0.05, 0) is 33.6 Å². The third-order valence-corrected chi connectivity index (χ3v) is 3.62. The molecule has 0 saturated carbocycles. The largest absolute Gasteiger partial charge is 0.309 e. The molecule has 0 aliphatic heterocycles. The molecule has 2 rings (SSSR count). The van der Waals surface area contributed by atoms with Crippen LogP contribution in [0.2, 0.25) is 0 Å². The second kappa shape index (κ2) is 5.48. The highest BCUT2D eigenvalue weighted by atomic mass is 79.9. The second-order valence-electron chi connectivity index (χ2n) is 5.73. The first kappa shape index (κ1) is 14.9. The molecular formula is C15H16BrFN2O. The van der Waals surface area contributed by atoms with E-state index in [1.807, 2.05) is 26.8 Å². The zero-order chi connectivity index (χ0) is 14.9. The number of aromatic amines is 1. The van der Waals surface area contributed by atoms with Crippen LogP contribution < -0.4 is 5.56 Å². The van der Waals surface area contributed by atoms with Crippen LogP contribution in [-0.4, -0.2) is 9.97 Å². The fraction of sp³-hybridized carbons (Fsp3) is 0.333. The van der Waals surface area contributed by atoms with Crippen molar-refractivity contribution in [2.75, 3.05) is 0 Å². The van der Waals surface area contributed by atoms with Gasteiger partial charge in [0.2, 0.25) is 0 Å². The first-order valence-corrected chi connectivity index (χ1v) is 7.10. The summed E-state index contributed by atoms with van der Waals surface area (Å²) in [7, 11) is 0. The summed E-state index contributed by atoms with van der Waals surface area (Å²) < 4.78 is 13.6. The first-order chi connectivity index (χ1) is 9.27.